The van der Waals surface area contributed by atoms with Gasteiger partial charge in [-0.05, 0) is 51.4 Å². The fourth-order valence-electron chi connectivity index (χ4n) is 6.37. The first-order valence-corrected chi connectivity index (χ1v) is 21.3. The molecule has 3 atom stereocenters. The monoisotopic (exact) mass is 690 g/mol. The number of hydrogen-bond acceptors (Lipinski definition) is 4. The van der Waals surface area contributed by atoms with Crippen LogP contribution >= 0.6 is 0 Å². The molecule has 0 spiro atoms. The minimum absolute atomic E-state index is 0.0102. The molecule has 0 aliphatic rings. The van der Waals surface area contributed by atoms with E-state index in [0.717, 1.165) is 32.1 Å². The largest absolute Gasteiger partial charge is 0.394 e. The number of nitrogens with one attached hydrogen (secondary N) is 1. The number of carbonyl (C=O) groups is 1. The summed E-state index contributed by atoms with van der Waals surface area (Å²) in [4.78, 5) is 12.4. The van der Waals surface area contributed by atoms with Crippen LogP contribution in [0, 0.1) is 0 Å². The van der Waals surface area contributed by atoms with Gasteiger partial charge in [-0.2, -0.15) is 0 Å². The number of allylic oxidation sites excluding steroid dienone is 5. The van der Waals surface area contributed by atoms with Crippen LogP contribution in [0.2, 0.25) is 0 Å². The van der Waals surface area contributed by atoms with Gasteiger partial charge in [0, 0.05) is 0 Å². The zero-order chi connectivity index (χ0) is 35.9. The fraction of sp³-hybridized carbons (Fsp3) is 0.841. The second kappa shape index (κ2) is 39.4. The second-order valence-electron chi connectivity index (χ2n) is 14.6. The average molecular weight is 690 g/mol. The topological polar surface area (TPSA) is 89.8 Å². The Labute approximate surface area is 304 Å². The van der Waals surface area contributed by atoms with Crippen LogP contribution in [-0.4, -0.2) is 46.1 Å². The first-order valence-electron chi connectivity index (χ1n) is 21.3. The van der Waals surface area contributed by atoms with Gasteiger partial charge in [0.1, 0.15) is 0 Å². The molecule has 0 aliphatic heterocycles. The lowest BCUT2D eigenvalue weighted by Gasteiger charge is -2.21. The number of aliphatic hydroxyl groups excluding tert-OH is 3. The molecular weight excluding hydrogens is 606 g/mol. The van der Waals surface area contributed by atoms with Gasteiger partial charge in [-0.1, -0.05) is 192 Å². The zero-order valence-electron chi connectivity index (χ0n) is 32.6. The molecule has 4 N–H and O–H groups in total. The standard InChI is InChI=1S/C44H83NO4/c1-3-5-7-9-11-13-14-15-16-17-18-19-20-21-22-23-24-25-26-27-28-30-31-33-35-37-41(47)39-44(49)45-42(40-46)43(48)38-36-34-32-29-12-10-8-6-4-2/h18-19,21-22,36,38,41-43,46-48H,3-17,20,23-35,37,39-40H2,1-2H3,(H,45,49)/b19-18-,22-21-,38-36+. The summed E-state index contributed by atoms with van der Waals surface area (Å²) in [6.07, 6.45) is 48.7. The van der Waals surface area contributed by atoms with Crippen molar-refractivity contribution in [1.82, 2.24) is 5.32 Å². The molecule has 0 bridgehead atoms. The third-order valence-electron chi connectivity index (χ3n) is 9.67. The smallest absolute Gasteiger partial charge is 0.222 e. The molecule has 0 rings (SSSR count). The van der Waals surface area contributed by atoms with Crippen LogP contribution in [-0.2, 0) is 4.79 Å². The third kappa shape index (κ3) is 36.2. The quantitative estimate of drug-likeness (QED) is 0.0384. The average Bonchev–Trinajstić information content (AvgIpc) is 3.09. The Kier molecular flexibility index (Phi) is 38.2. The summed E-state index contributed by atoms with van der Waals surface area (Å²) in [7, 11) is 0. The summed E-state index contributed by atoms with van der Waals surface area (Å²) in [5.41, 5.74) is 0. The van der Waals surface area contributed by atoms with E-state index >= 15 is 0 Å². The normalized spacial score (nSPS) is 14.0. The van der Waals surface area contributed by atoms with Crippen LogP contribution in [0.15, 0.2) is 36.5 Å². The predicted molar refractivity (Wildman–Crippen MR) is 213 cm³/mol. The maximum atomic E-state index is 12.4. The fourth-order valence-corrected chi connectivity index (χ4v) is 6.37. The van der Waals surface area contributed by atoms with E-state index < -0.39 is 18.2 Å². The van der Waals surface area contributed by atoms with Crippen molar-refractivity contribution >= 4 is 5.91 Å². The van der Waals surface area contributed by atoms with Crippen LogP contribution in [0.25, 0.3) is 0 Å². The zero-order valence-corrected chi connectivity index (χ0v) is 32.6. The van der Waals surface area contributed by atoms with Crippen LogP contribution in [0.4, 0.5) is 0 Å². The van der Waals surface area contributed by atoms with Crippen LogP contribution in [0.5, 0.6) is 0 Å². The van der Waals surface area contributed by atoms with E-state index in [0.29, 0.717) is 6.42 Å². The highest BCUT2D eigenvalue weighted by Crippen LogP contribution is 2.14. The lowest BCUT2D eigenvalue weighted by Crippen LogP contribution is -2.45. The Morgan fingerprint density at radius 2 is 0.918 bits per heavy atom. The first-order chi connectivity index (χ1) is 24.0. The molecule has 0 saturated heterocycles. The number of aliphatic hydroxyl groups is 3. The molecule has 0 fully saturated rings. The summed E-state index contributed by atoms with van der Waals surface area (Å²) < 4.78 is 0. The molecule has 0 aromatic carbocycles. The van der Waals surface area contributed by atoms with Crippen molar-refractivity contribution in [3.05, 3.63) is 36.5 Å². The molecule has 0 aromatic heterocycles. The summed E-state index contributed by atoms with van der Waals surface area (Å²) >= 11 is 0. The van der Waals surface area contributed by atoms with Crippen molar-refractivity contribution in [2.75, 3.05) is 6.61 Å². The summed E-state index contributed by atoms with van der Waals surface area (Å²) in [6.45, 7) is 4.17. The second-order valence-corrected chi connectivity index (χ2v) is 14.6. The van der Waals surface area contributed by atoms with Crippen molar-refractivity contribution < 1.29 is 20.1 Å². The number of rotatable bonds is 38. The molecule has 5 heteroatoms. The number of hydrogen-bond donors (Lipinski definition) is 4. The van der Waals surface area contributed by atoms with Crippen molar-refractivity contribution in [2.24, 2.45) is 0 Å². The van der Waals surface area contributed by atoms with Gasteiger partial charge >= 0.3 is 0 Å². The first kappa shape index (κ1) is 47.6. The molecule has 0 heterocycles. The lowest BCUT2D eigenvalue weighted by atomic mass is 10.0. The molecule has 5 nitrogen and oxygen atoms in total. The van der Waals surface area contributed by atoms with E-state index in [1.54, 1.807) is 6.08 Å². The third-order valence-corrected chi connectivity index (χ3v) is 9.67. The Bertz CT molecular complexity index is 764. The van der Waals surface area contributed by atoms with Crippen molar-refractivity contribution in [3.63, 3.8) is 0 Å². The molecule has 0 saturated carbocycles. The van der Waals surface area contributed by atoms with E-state index in [1.807, 2.05) is 6.08 Å². The molecule has 49 heavy (non-hydrogen) atoms. The number of amides is 1. The molecule has 0 aliphatic carbocycles. The highest BCUT2D eigenvalue weighted by atomic mass is 16.3. The van der Waals surface area contributed by atoms with E-state index in [-0.39, 0.29) is 18.9 Å². The SMILES string of the molecule is CCCCCCCCC/C=C/C(O)C(CO)NC(=O)CC(O)CCCCCCCCCCC/C=C\C/C=C\CCCCCCCCCCC. The van der Waals surface area contributed by atoms with Crippen LogP contribution in [0.1, 0.15) is 213 Å². The van der Waals surface area contributed by atoms with Crippen molar-refractivity contribution in [3.8, 4) is 0 Å². The highest BCUT2D eigenvalue weighted by Gasteiger charge is 2.20. The van der Waals surface area contributed by atoms with Crippen molar-refractivity contribution in [1.29, 1.82) is 0 Å². The molecular formula is C44H83NO4. The van der Waals surface area contributed by atoms with E-state index in [4.69, 9.17) is 0 Å². The van der Waals surface area contributed by atoms with Gasteiger partial charge in [0.25, 0.3) is 0 Å². The van der Waals surface area contributed by atoms with Gasteiger partial charge in [0.2, 0.25) is 5.91 Å². The maximum absolute atomic E-state index is 12.4. The molecule has 1 amide bonds. The predicted octanol–water partition coefficient (Wildman–Crippen LogP) is 12.0. The van der Waals surface area contributed by atoms with E-state index in [2.05, 4.69) is 43.5 Å². The van der Waals surface area contributed by atoms with Gasteiger partial charge in [0.05, 0.1) is 31.3 Å². The summed E-state index contributed by atoms with van der Waals surface area (Å²) in [5, 5.41) is 33.0. The minimum Gasteiger partial charge on any atom is -0.394 e. The van der Waals surface area contributed by atoms with Crippen molar-refractivity contribution in [2.45, 2.75) is 231 Å². The van der Waals surface area contributed by atoms with Gasteiger partial charge < -0.3 is 20.6 Å². The Morgan fingerprint density at radius 3 is 1.35 bits per heavy atom. The van der Waals surface area contributed by atoms with Gasteiger partial charge in [-0.3, -0.25) is 4.79 Å². The molecule has 0 aromatic rings. The van der Waals surface area contributed by atoms with E-state index in [1.165, 1.54) is 154 Å². The number of carbonyl (C=O) groups excluding carboxylic acids is 1. The van der Waals surface area contributed by atoms with Crippen LogP contribution < -0.4 is 5.32 Å². The van der Waals surface area contributed by atoms with Gasteiger partial charge in [-0.15, -0.1) is 0 Å². The van der Waals surface area contributed by atoms with Crippen LogP contribution in [0.3, 0.4) is 0 Å². The number of unbranched alkanes of at least 4 members (excludes halogenated alkanes) is 25. The Hall–Kier alpha value is -1.43. The molecule has 3 unspecified atom stereocenters. The summed E-state index contributed by atoms with van der Waals surface area (Å²) in [6, 6.07) is -0.743. The van der Waals surface area contributed by atoms with E-state index in [9.17, 15) is 20.1 Å². The highest BCUT2D eigenvalue weighted by molar-refractivity contribution is 5.76. The Balaban J connectivity index is 3.61. The molecule has 0 radical (unpaired) electrons. The Morgan fingerprint density at radius 1 is 0.531 bits per heavy atom. The van der Waals surface area contributed by atoms with Gasteiger partial charge in [-0.25, -0.2) is 0 Å². The minimum atomic E-state index is -0.927. The van der Waals surface area contributed by atoms with Gasteiger partial charge in [0.15, 0.2) is 0 Å². The maximum Gasteiger partial charge on any atom is 0.222 e. The summed E-state index contributed by atoms with van der Waals surface area (Å²) in [5.74, 6) is -0.321. The molecule has 288 valence electrons. The lowest BCUT2D eigenvalue weighted by molar-refractivity contribution is -0.124.